The highest BCUT2D eigenvalue weighted by Crippen LogP contribution is 2.19. The topological polar surface area (TPSA) is 61.6 Å². The lowest BCUT2D eigenvalue weighted by molar-refractivity contribution is -0.132. The third-order valence-corrected chi connectivity index (χ3v) is 3.93. The van der Waals surface area contributed by atoms with Crippen molar-refractivity contribution in [3.63, 3.8) is 0 Å². The molecule has 1 aromatic carbocycles. The number of halogens is 1. The minimum absolute atomic E-state index is 0.118. The molecule has 7 heteroatoms. The standard InChI is InChI=1S/C17H21FN4O2/c1-21(11-16(23)22-7-5-19-6-8-22)10-15-12-24-17(20-15)13-3-2-4-14(18)9-13/h2-4,9,12,19H,5-8,10-11H2,1H3. The van der Waals surface area contributed by atoms with Gasteiger partial charge >= 0.3 is 0 Å². The summed E-state index contributed by atoms with van der Waals surface area (Å²) in [5.41, 5.74) is 1.31. The van der Waals surface area contributed by atoms with Crippen LogP contribution in [0.15, 0.2) is 34.9 Å². The van der Waals surface area contributed by atoms with Crippen LogP contribution < -0.4 is 5.32 Å². The zero-order valence-corrected chi connectivity index (χ0v) is 13.7. The number of amides is 1. The number of rotatable bonds is 5. The highest BCUT2D eigenvalue weighted by atomic mass is 19.1. The van der Waals surface area contributed by atoms with E-state index in [1.165, 1.54) is 12.1 Å². The number of nitrogens with zero attached hydrogens (tertiary/aromatic N) is 3. The molecule has 0 radical (unpaired) electrons. The molecule has 2 aromatic rings. The quantitative estimate of drug-likeness (QED) is 0.895. The van der Waals surface area contributed by atoms with Crippen molar-refractivity contribution in [3.05, 3.63) is 42.0 Å². The molecule has 2 heterocycles. The molecule has 0 bridgehead atoms. The first-order chi connectivity index (χ1) is 11.6. The number of hydrogen-bond donors (Lipinski definition) is 1. The largest absolute Gasteiger partial charge is 0.444 e. The third kappa shape index (κ3) is 4.18. The Morgan fingerprint density at radius 2 is 2.21 bits per heavy atom. The van der Waals surface area contributed by atoms with Crippen molar-refractivity contribution in [2.24, 2.45) is 0 Å². The molecule has 0 aliphatic carbocycles. The van der Waals surface area contributed by atoms with Crippen LogP contribution >= 0.6 is 0 Å². The summed E-state index contributed by atoms with van der Waals surface area (Å²) >= 11 is 0. The second-order valence-electron chi connectivity index (χ2n) is 5.96. The van der Waals surface area contributed by atoms with Gasteiger partial charge in [0.2, 0.25) is 11.8 Å². The molecule has 0 unspecified atom stereocenters. The van der Waals surface area contributed by atoms with Crippen molar-refractivity contribution in [3.8, 4) is 11.5 Å². The van der Waals surface area contributed by atoms with Crippen LogP contribution in [0.3, 0.4) is 0 Å². The molecule has 128 valence electrons. The summed E-state index contributed by atoms with van der Waals surface area (Å²) in [6, 6.07) is 6.12. The van der Waals surface area contributed by atoms with E-state index >= 15 is 0 Å². The maximum absolute atomic E-state index is 13.3. The second kappa shape index (κ2) is 7.55. The van der Waals surface area contributed by atoms with Gasteiger partial charge in [0, 0.05) is 38.3 Å². The first-order valence-electron chi connectivity index (χ1n) is 7.99. The fourth-order valence-corrected chi connectivity index (χ4v) is 2.71. The average Bonchev–Trinajstić information content (AvgIpc) is 3.04. The minimum atomic E-state index is -0.328. The van der Waals surface area contributed by atoms with Crippen LogP contribution in [-0.4, -0.2) is 60.5 Å². The maximum Gasteiger partial charge on any atom is 0.236 e. The Labute approximate surface area is 140 Å². The van der Waals surface area contributed by atoms with Crippen molar-refractivity contribution in [1.82, 2.24) is 20.1 Å². The van der Waals surface area contributed by atoms with E-state index in [1.807, 2.05) is 16.8 Å². The molecule has 1 N–H and O–H groups in total. The molecule has 1 aromatic heterocycles. The van der Waals surface area contributed by atoms with E-state index in [1.54, 1.807) is 18.4 Å². The summed E-state index contributed by atoms with van der Waals surface area (Å²) in [5, 5.41) is 3.23. The SMILES string of the molecule is CN(CC(=O)N1CCNCC1)Cc1coc(-c2cccc(F)c2)n1. The monoisotopic (exact) mass is 332 g/mol. The van der Waals surface area contributed by atoms with Crippen molar-refractivity contribution in [2.75, 3.05) is 39.8 Å². The predicted molar refractivity (Wildman–Crippen MR) is 87.7 cm³/mol. The number of carbonyl (C=O) groups is 1. The first kappa shape index (κ1) is 16.6. The summed E-state index contributed by atoms with van der Waals surface area (Å²) in [7, 11) is 1.87. The molecule has 24 heavy (non-hydrogen) atoms. The van der Waals surface area contributed by atoms with Gasteiger partial charge < -0.3 is 14.6 Å². The van der Waals surface area contributed by atoms with Crippen LogP contribution in [-0.2, 0) is 11.3 Å². The molecule has 3 rings (SSSR count). The Hall–Kier alpha value is -2.25. The Morgan fingerprint density at radius 1 is 1.42 bits per heavy atom. The summed E-state index contributed by atoms with van der Waals surface area (Å²) in [5.74, 6) is 0.171. The maximum atomic E-state index is 13.3. The van der Waals surface area contributed by atoms with Gasteiger partial charge in [-0.05, 0) is 25.2 Å². The number of carbonyl (C=O) groups excluding carboxylic acids is 1. The lowest BCUT2D eigenvalue weighted by Gasteiger charge is -2.29. The Morgan fingerprint density at radius 3 is 2.96 bits per heavy atom. The van der Waals surface area contributed by atoms with Gasteiger partial charge in [0.15, 0.2) is 0 Å². The number of aromatic nitrogens is 1. The fraction of sp³-hybridized carbons (Fsp3) is 0.412. The highest BCUT2D eigenvalue weighted by Gasteiger charge is 2.18. The minimum Gasteiger partial charge on any atom is -0.444 e. The van der Waals surface area contributed by atoms with E-state index < -0.39 is 0 Å². The summed E-state index contributed by atoms with van der Waals surface area (Å²) < 4.78 is 18.7. The van der Waals surface area contributed by atoms with Crippen LogP contribution in [0.25, 0.3) is 11.5 Å². The van der Waals surface area contributed by atoms with Gasteiger partial charge in [-0.3, -0.25) is 9.69 Å². The van der Waals surface area contributed by atoms with Gasteiger partial charge in [0.25, 0.3) is 0 Å². The fourth-order valence-electron chi connectivity index (χ4n) is 2.71. The summed E-state index contributed by atoms with van der Waals surface area (Å²) in [6.45, 7) is 4.02. The van der Waals surface area contributed by atoms with Crippen LogP contribution in [0.5, 0.6) is 0 Å². The Kier molecular flexibility index (Phi) is 5.22. The van der Waals surface area contributed by atoms with E-state index in [9.17, 15) is 9.18 Å². The van der Waals surface area contributed by atoms with Crippen molar-refractivity contribution >= 4 is 5.91 Å². The van der Waals surface area contributed by atoms with Gasteiger partial charge in [-0.25, -0.2) is 9.37 Å². The number of piperazine rings is 1. The molecule has 1 aliphatic rings. The normalized spacial score (nSPS) is 15.0. The number of oxazole rings is 1. The molecule has 1 amide bonds. The van der Waals surface area contributed by atoms with E-state index in [-0.39, 0.29) is 11.7 Å². The lowest BCUT2D eigenvalue weighted by atomic mass is 10.2. The van der Waals surface area contributed by atoms with E-state index in [4.69, 9.17) is 4.42 Å². The van der Waals surface area contributed by atoms with Crippen molar-refractivity contribution in [2.45, 2.75) is 6.54 Å². The van der Waals surface area contributed by atoms with Crippen LogP contribution in [0.2, 0.25) is 0 Å². The van der Waals surface area contributed by atoms with Gasteiger partial charge in [-0.1, -0.05) is 6.07 Å². The molecule has 1 aliphatic heterocycles. The van der Waals surface area contributed by atoms with Gasteiger partial charge in [0.1, 0.15) is 12.1 Å². The first-order valence-corrected chi connectivity index (χ1v) is 7.99. The Balaban J connectivity index is 1.57. The van der Waals surface area contributed by atoms with Crippen LogP contribution in [0, 0.1) is 5.82 Å². The van der Waals surface area contributed by atoms with Crippen LogP contribution in [0.1, 0.15) is 5.69 Å². The number of benzene rings is 1. The predicted octanol–water partition coefficient (Wildman–Crippen LogP) is 1.34. The molecular formula is C17H21FN4O2. The molecule has 0 spiro atoms. The number of nitrogens with one attached hydrogen (secondary N) is 1. The van der Waals surface area contributed by atoms with Gasteiger partial charge in [0.05, 0.1) is 12.2 Å². The second-order valence-corrected chi connectivity index (χ2v) is 5.96. The summed E-state index contributed by atoms with van der Waals surface area (Å²) in [6.07, 6.45) is 1.55. The molecule has 0 atom stereocenters. The molecule has 1 fully saturated rings. The number of hydrogen-bond acceptors (Lipinski definition) is 5. The third-order valence-electron chi connectivity index (χ3n) is 3.93. The van der Waals surface area contributed by atoms with Crippen molar-refractivity contribution in [1.29, 1.82) is 0 Å². The van der Waals surface area contributed by atoms with E-state index in [2.05, 4.69) is 10.3 Å². The van der Waals surface area contributed by atoms with Gasteiger partial charge in [-0.15, -0.1) is 0 Å². The van der Waals surface area contributed by atoms with Crippen LogP contribution in [0.4, 0.5) is 4.39 Å². The van der Waals surface area contributed by atoms with Crippen molar-refractivity contribution < 1.29 is 13.6 Å². The smallest absolute Gasteiger partial charge is 0.236 e. The van der Waals surface area contributed by atoms with E-state index in [0.29, 0.717) is 30.2 Å². The molecular weight excluding hydrogens is 311 g/mol. The van der Waals surface area contributed by atoms with Gasteiger partial charge in [-0.2, -0.15) is 0 Å². The lowest BCUT2D eigenvalue weighted by Crippen LogP contribution is -2.49. The zero-order valence-electron chi connectivity index (χ0n) is 13.7. The number of likely N-dealkylation sites (N-methyl/N-ethyl adjacent to an activating group) is 1. The zero-order chi connectivity index (χ0) is 16.9. The summed E-state index contributed by atoms with van der Waals surface area (Å²) in [4.78, 5) is 20.4. The molecule has 1 saturated heterocycles. The Bertz CT molecular complexity index is 697. The molecule has 6 nitrogen and oxygen atoms in total. The average molecular weight is 332 g/mol. The highest BCUT2D eigenvalue weighted by molar-refractivity contribution is 5.78. The van der Waals surface area contributed by atoms with E-state index in [0.717, 1.165) is 26.2 Å². The molecule has 0 saturated carbocycles.